The van der Waals surface area contributed by atoms with Gasteiger partial charge in [-0.05, 0) is 51.0 Å². The van der Waals surface area contributed by atoms with Crippen LogP contribution in [-0.2, 0) is 12.8 Å². The number of nitrogens with one attached hydrogen (secondary N) is 2. The largest absolute Gasteiger partial charge is 0.497 e. The average molecular weight is 365 g/mol. The van der Waals surface area contributed by atoms with Crippen LogP contribution in [0.3, 0.4) is 0 Å². The van der Waals surface area contributed by atoms with Crippen molar-refractivity contribution in [2.75, 3.05) is 12.4 Å². The number of ether oxygens (including phenoxy) is 2. The van der Waals surface area contributed by atoms with E-state index in [4.69, 9.17) is 9.47 Å². The molecule has 140 valence electrons. The summed E-state index contributed by atoms with van der Waals surface area (Å²) in [7, 11) is 1.64. The van der Waals surface area contributed by atoms with Gasteiger partial charge in [0, 0.05) is 24.2 Å². The van der Waals surface area contributed by atoms with Gasteiger partial charge in [0.05, 0.1) is 12.8 Å². The van der Waals surface area contributed by atoms with Crippen molar-refractivity contribution in [1.29, 1.82) is 0 Å². The van der Waals surface area contributed by atoms with E-state index in [9.17, 15) is 0 Å². The van der Waals surface area contributed by atoms with E-state index >= 15 is 0 Å². The molecule has 1 unspecified atom stereocenters. The molecule has 0 amide bonds. The van der Waals surface area contributed by atoms with Crippen LogP contribution in [0.25, 0.3) is 0 Å². The van der Waals surface area contributed by atoms with Crippen molar-refractivity contribution in [3.63, 3.8) is 0 Å². The van der Waals surface area contributed by atoms with Gasteiger partial charge in [-0.2, -0.15) is 4.98 Å². The summed E-state index contributed by atoms with van der Waals surface area (Å²) >= 11 is 0. The maximum absolute atomic E-state index is 5.89. The average Bonchev–Trinajstić information content (AvgIpc) is 3.01. The van der Waals surface area contributed by atoms with Crippen LogP contribution in [0.2, 0.25) is 0 Å². The second-order valence-electron chi connectivity index (χ2n) is 6.75. The first-order valence-electron chi connectivity index (χ1n) is 9.07. The van der Waals surface area contributed by atoms with Crippen molar-refractivity contribution < 1.29 is 9.47 Å². The minimum atomic E-state index is 0.306. The second-order valence-corrected chi connectivity index (χ2v) is 6.75. The highest BCUT2D eigenvalue weighted by Gasteiger charge is 2.22. The van der Waals surface area contributed by atoms with E-state index in [0.29, 0.717) is 23.5 Å². The lowest BCUT2D eigenvalue weighted by Crippen LogP contribution is -2.28. The molecule has 2 heterocycles. The van der Waals surface area contributed by atoms with Crippen molar-refractivity contribution in [3.05, 3.63) is 53.4 Å². The van der Waals surface area contributed by atoms with E-state index in [0.717, 1.165) is 36.7 Å². The molecule has 2 N–H and O–H groups in total. The molecule has 0 radical (unpaired) electrons. The summed E-state index contributed by atoms with van der Waals surface area (Å²) in [5, 5.41) is 3.52. The van der Waals surface area contributed by atoms with E-state index in [1.165, 1.54) is 11.4 Å². The van der Waals surface area contributed by atoms with E-state index in [1.807, 2.05) is 44.2 Å². The third-order valence-electron chi connectivity index (χ3n) is 4.61. The van der Waals surface area contributed by atoms with Gasteiger partial charge in [-0.25, -0.2) is 9.97 Å². The van der Waals surface area contributed by atoms with E-state index in [2.05, 4.69) is 25.3 Å². The molecule has 0 bridgehead atoms. The Hall–Kier alpha value is -3.09. The lowest BCUT2D eigenvalue weighted by atomic mass is 9.96. The van der Waals surface area contributed by atoms with Crippen molar-refractivity contribution >= 4 is 5.82 Å². The number of imidazole rings is 1. The van der Waals surface area contributed by atoms with E-state index < -0.39 is 0 Å². The molecular weight excluding hydrogens is 342 g/mol. The predicted molar refractivity (Wildman–Crippen MR) is 103 cm³/mol. The topological polar surface area (TPSA) is 85.0 Å². The Labute approximate surface area is 158 Å². The van der Waals surface area contributed by atoms with Crippen LogP contribution >= 0.6 is 0 Å². The number of H-pyrrole nitrogens is 1. The van der Waals surface area contributed by atoms with Crippen LogP contribution in [0.4, 0.5) is 5.82 Å². The summed E-state index contributed by atoms with van der Waals surface area (Å²) < 4.78 is 11.1. The highest BCUT2D eigenvalue weighted by molar-refractivity contribution is 5.42. The fraction of sp³-hybridized carbons (Fsp3) is 0.350. The molecule has 0 saturated heterocycles. The lowest BCUT2D eigenvalue weighted by Gasteiger charge is -2.23. The van der Waals surface area contributed by atoms with Crippen molar-refractivity contribution in [2.24, 2.45) is 0 Å². The van der Waals surface area contributed by atoms with Gasteiger partial charge in [0.1, 0.15) is 29.0 Å². The summed E-state index contributed by atoms with van der Waals surface area (Å²) in [4.78, 5) is 16.8. The quantitative estimate of drug-likeness (QED) is 0.719. The zero-order chi connectivity index (χ0) is 18.8. The van der Waals surface area contributed by atoms with Gasteiger partial charge in [-0.1, -0.05) is 0 Å². The standard InChI is InChI=1S/C20H23N5O2/c1-12-21-17-9-4-14(10-18(17)22-12)25-19-11-20(24-13(2)23-19)27-16-7-5-15(26-3)6-8-16/h5-8,11,14H,4,9-10H2,1-3H3,(H,21,22)(H,23,24,25). The number of aromatic amines is 1. The Morgan fingerprint density at radius 2 is 1.85 bits per heavy atom. The van der Waals surface area contributed by atoms with Gasteiger partial charge in [-0.15, -0.1) is 0 Å². The van der Waals surface area contributed by atoms with Crippen LogP contribution in [0.1, 0.15) is 29.5 Å². The first kappa shape index (κ1) is 17.3. The van der Waals surface area contributed by atoms with Crippen LogP contribution in [0.15, 0.2) is 30.3 Å². The molecule has 1 aromatic carbocycles. The Balaban J connectivity index is 1.47. The minimum Gasteiger partial charge on any atom is -0.497 e. The smallest absolute Gasteiger partial charge is 0.224 e. The number of anilines is 1. The highest BCUT2D eigenvalue weighted by Crippen LogP contribution is 2.26. The number of methoxy groups -OCH3 is 1. The fourth-order valence-corrected chi connectivity index (χ4v) is 3.39. The number of hydrogen-bond donors (Lipinski definition) is 2. The van der Waals surface area contributed by atoms with Gasteiger partial charge >= 0.3 is 0 Å². The van der Waals surface area contributed by atoms with E-state index in [1.54, 1.807) is 7.11 Å². The number of benzene rings is 1. The summed E-state index contributed by atoms with van der Waals surface area (Å²) in [5.74, 6) is 4.43. The summed E-state index contributed by atoms with van der Waals surface area (Å²) in [6.45, 7) is 3.86. The molecule has 0 saturated carbocycles. The Bertz CT molecular complexity index is 936. The molecule has 1 atom stereocenters. The first-order valence-corrected chi connectivity index (χ1v) is 9.07. The Morgan fingerprint density at radius 3 is 2.63 bits per heavy atom. The summed E-state index contributed by atoms with van der Waals surface area (Å²) in [5.41, 5.74) is 2.41. The fourth-order valence-electron chi connectivity index (χ4n) is 3.39. The second kappa shape index (κ2) is 7.26. The molecule has 27 heavy (non-hydrogen) atoms. The molecule has 3 aromatic rings. The SMILES string of the molecule is COc1ccc(Oc2cc(NC3CCc4nc(C)[nH]c4C3)nc(C)n2)cc1. The number of fused-ring (bicyclic) bond motifs is 1. The lowest BCUT2D eigenvalue weighted by molar-refractivity contribution is 0.412. The van der Waals surface area contributed by atoms with Crippen LogP contribution < -0.4 is 14.8 Å². The van der Waals surface area contributed by atoms with Crippen LogP contribution in [0, 0.1) is 13.8 Å². The number of hydrogen-bond acceptors (Lipinski definition) is 6. The van der Waals surface area contributed by atoms with Crippen molar-refractivity contribution in [2.45, 2.75) is 39.2 Å². The number of rotatable bonds is 5. The molecule has 1 aliphatic rings. The molecule has 0 fully saturated rings. The first-order chi connectivity index (χ1) is 13.1. The maximum Gasteiger partial charge on any atom is 0.224 e. The van der Waals surface area contributed by atoms with Crippen LogP contribution in [0.5, 0.6) is 17.4 Å². The Kier molecular flexibility index (Phi) is 4.66. The number of aromatic nitrogens is 4. The van der Waals surface area contributed by atoms with Crippen molar-refractivity contribution in [1.82, 2.24) is 19.9 Å². The number of aryl methyl sites for hydroxylation is 3. The molecule has 2 aromatic heterocycles. The molecule has 0 spiro atoms. The van der Waals surface area contributed by atoms with Gasteiger partial charge in [-0.3, -0.25) is 0 Å². The van der Waals surface area contributed by atoms with Gasteiger partial charge in [0.15, 0.2) is 0 Å². The van der Waals surface area contributed by atoms with Gasteiger partial charge in [0.2, 0.25) is 5.88 Å². The normalized spacial score (nSPS) is 15.9. The Morgan fingerprint density at radius 1 is 1.07 bits per heavy atom. The molecule has 0 aliphatic heterocycles. The molecule has 7 nitrogen and oxygen atoms in total. The zero-order valence-corrected chi connectivity index (χ0v) is 15.7. The summed E-state index contributed by atoms with van der Waals surface area (Å²) in [6, 6.07) is 9.56. The molecule has 1 aliphatic carbocycles. The molecule has 4 rings (SSSR count). The predicted octanol–water partition coefficient (Wildman–Crippen LogP) is 3.59. The molecule has 7 heteroatoms. The minimum absolute atomic E-state index is 0.306. The highest BCUT2D eigenvalue weighted by atomic mass is 16.5. The van der Waals surface area contributed by atoms with Crippen LogP contribution in [-0.4, -0.2) is 33.1 Å². The third-order valence-corrected chi connectivity index (χ3v) is 4.61. The third kappa shape index (κ3) is 4.02. The van der Waals surface area contributed by atoms with Gasteiger partial charge in [0.25, 0.3) is 0 Å². The summed E-state index contributed by atoms with van der Waals surface area (Å²) in [6.07, 6.45) is 2.90. The molecular formula is C20H23N5O2. The monoisotopic (exact) mass is 365 g/mol. The maximum atomic E-state index is 5.89. The zero-order valence-electron chi connectivity index (χ0n) is 15.7. The van der Waals surface area contributed by atoms with E-state index in [-0.39, 0.29) is 0 Å². The van der Waals surface area contributed by atoms with Gasteiger partial charge < -0.3 is 19.8 Å². The number of nitrogens with zero attached hydrogens (tertiary/aromatic N) is 3. The van der Waals surface area contributed by atoms with Crippen molar-refractivity contribution in [3.8, 4) is 17.4 Å².